The van der Waals surface area contributed by atoms with Gasteiger partial charge >= 0.3 is 0 Å². The molecule has 0 aliphatic carbocycles. The molecule has 3 N–H and O–H groups in total. The maximum Gasteiger partial charge on any atom is 0.263 e. The van der Waals surface area contributed by atoms with Gasteiger partial charge in [0.15, 0.2) is 0 Å². The van der Waals surface area contributed by atoms with E-state index in [1.54, 1.807) is 12.1 Å². The molecular weight excluding hydrogens is 278 g/mol. The number of amides is 1. The van der Waals surface area contributed by atoms with Crippen LogP contribution in [0.1, 0.15) is 12.0 Å². The highest BCUT2D eigenvalue weighted by Gasteiger charge is 2.08. The zero-order valence-electron chi connectivity index (χ0n) is 11.1. The van der Waals surface area contributed by atoms with Crippen molar-refractivity contribution in [3.63, 3.8) is 0 Å². The number of halogens is 1. The highest BCUT2D eigenvalue weighted by atomic mass is 35.5. The van der Waals surface area contributed by atoms with E-state index >= 15 is 0 Å². The van der Waals surface area contributed by atoms with Crippen LogP contribution in [0.4, 0.5) is 5.69 Å². The number of nitrogens with zero attached hydrogens (tertiary/aromatic N) is 1. The fourth-order valence-corrected chi connectivity index (χ4v) is 1.61. The van der Waals surface area contributed by atoms with Crippen molar-refractivity contribution in [3.05, 3.63) is 35.5 Å². The smallest absolute Gasteiger partial charge is 0.263 e. The normalized spacial score (nSPS) is 10.8. The van der Waals surface area contributed by atoms with E-state index in [2.05, 4.69) is 10.6 Å². The van der Waals surface area contributed by atoms with Crippen LogP contribution >= 0.6 is 11.6 Å². The lowest BCUT2D eigenvalue weighted by atomic mass is 10.2. The van der Waals surface area contributed by atoms with E-state index in [0.29, 0.717) is 24.5 Å². The largest absolute Gasteiger partial charge is 0.508 e. The topological polar surface area (TPSA) is 85.2 Å². The Balaban J connectivity index is 2.70. The molecule has 20 heavy (non-hydrogen) atoms. The van der Waals surface area contributed by atoms with Gasteiger partial charge in [0.25, 0.3) is 5.91 Å². The van der Waals surface area contributed by atoms with Crippen molar-refractivity contribution in [2.24, 2.45) is 0 Å². The monoisotopic (exact) mass is 293 g/mol. The average molecular weight is 294 g/mol. The molecule has 5 nitrogen and oxygen atoms in total. The first kappa shape index (κ1) is 15.9. The molecule has 0 saturated heterocycles. The van der Waals surface area contributed by atoms with Gasteiger partial charge in [0, 0.05) is 24.3 Å². The minimum Gasteiger partial charge on any atom is -0.508 e. The minimum absolute atomic E-state index is 0.0213. The maximum atomic E-state index is 11.7. The summed E-state index contributed by atoms with van der Waals surface area (Å²) in [4.78, 5) is 11.7. The van der Waals surface area contributed by atoms with E-state index in [1.165, 1.54) is 12.3 Å². The van der Waals surface area contributed by atoms with Gasteiger partial charge < -0.3 is 15.7 Å². The third-order valence-electron chi connectivity index (χ3n) is 2.54. The van der Waals surface area contributed by atoms with Crippen LogP contribution in [0.3, 0.4) is 0 Å². The summed E-state index contributed by atoms with van der Waals surface area (Å²) >= 11 is 5.51. The van der Waals surface area contributed by atoms with Crippen molar-refractivity contribution in [2.75, 3.05) is 17.7 Å². The molecule has 0 atom stereocenters. The molecule has 0 spiro atoms. The van der Waals surface area contributed by atoms with Crippen LogP contribution in [0.5, 0.6) is 5.75 Å². The van der Waals surface area contributed by atoms with Crippen LogP contribution in [0, 0.1) is 18.3 Å². The first-order chi connectivity index (χ1) is 9.58. The second-order valence-corrected chi connectivity index (χ2v) is 4.49. The molecule has 0 aromatic heterocycles. The summed E-state index contributed by atoms with van der Waals surface area (Å²) in [5, 5.41) is 23.7. The molecular formula is C14H16ClN3O2. The lowest BCUT2D eigenvalue weighted by molar-refractivity contribution is -0.117. The number of benzene rings is 1. The molecule has 1 rings (SSSR count). The Hall–Kier alpha value is -2.19. The number of rotatable bonds is 6. The first-order valence-electron chi connectivity index (χ1n) is 6.09. The first-order valence-corrected chi connectivity index (χ1v) is 6.62. The number of nitrogens with one attached hydrogen (secondary N) is 2. The van der Waals surface area contributed by atoms with Crippen LogP contribution in [-0.4, -0.2) is 23.4 Å². The number of aromatic hydroxyl groups is 1. The summed E-state index contributed by atoms with van der Waals surface area (Å²) in [6.07, 6.45) is 1.99. The van der Waals surface area contributed by atoms with Crippen molar-refractivity contribution >= 4 is 23.2 Å². The third kappa shape index (κ3) is 4.82. The summed E-state index contributed by atoms with van der Waals surface area (Å²) in [6, 6.07) is 6.61. The summed E-state index contributed by atoms with van der Waals surface area (Å²) in [6.45, 7) is 2.24. The van der Waals surface area contributed by atoms with Gasteiger partial charge in [0.05, 0.1) is 0 Å². The molecule has 6 heteroatoms. The quantitative estimate of drug-likeness (QED) is 0.247. The molecule has 0 aliphatic heterocycles. The zero-order chi connectivity index (χ0) is 15.0. The van der Waals surface area contributed by atoms with Crippen molar-refractivity contribution in [2.45, 2.75) is 13.3 Å². The van der Waals surface area contributed by atoms with Crippen LogP contribution in [0.15, 0.2) is 30.0 Å². The average Bonchev–Trinajstić information content (AvgIpc) is 2.42. The number of carbonyl (C=O) groups is 1. The van der Waals surface area contributed by atoms with Crippen molar-refractivity contribution in [1.29, 1.82) is 5.26 Å². The van der Waals surface area contributed by atoms with Gasteiger partial charge in [-0.1, -0.05) is 0 Å². The Morgan fingerprint density at radius 3 is 2.90 bits per heavy atom. The molecule has 0 aliphatic rings. The lowest BCUT2D eigenvalue weighted by Gasteiger charge is -2.07. The number of alkyl halides is 1. The van der Waals surface area contributed by atoms with Gasteiger partial charge in [-0.15, -0.1) is 11.6 Å². The molecule has 0 heterocycles. The molecule has 1 aromatic rings. The number of hydrogen-bond donors (Lipinski definition) is 3. The van der Waals surface area contributed by atoms with Gasteiger partial charge in [0.2, 0.25) is 0 Å². The van der Waals surface area contributed by atoms with Gasteiger partial charge in [0.1, 0.15) is 17.4 Å². The van der Waals surface area contributed by atoms with E-state index in [-0.39, 0.29) is 11.3 Å². The number of nitriles is 1. The number of anilines is 1. The Morgan fingerprint density at radius 1 is 1.55 bits per heavy atom. The summed E-state index contributed by atoms with van der Waals surface area (Å²) < 4.78 is 0. The van der Waals surface area contributed by atoms with E-state index in [1.807, 2.05) is 13.0 Å². The molecule has 0 bridgehead atoms. The molecule has 1 amide bonds. The number of phenols is 1. The number of carbonyl (C=O) groups excluding carboxylic acids is 1. The molecule has 106 valence electrons. The molecule has 0 radical (unpaired) electrons. The highest BCUT2D eigenvalue weighted by Crippen LogP contribution is 2.20. The van der Waals surface area contributed by atoms with Crippen LogP contribution in [0.25, 0.3) is 0 Å². The minimum atomic E-state index is -0.443. The van der Waals surface area contributed by atoms with Crippen LogP contribution in [0.2, 0.25) is 0 Å². The molecule has 1 aromatic carbocycles. The van der Waals surface area contributed by atoms with Gasteiger partial charge in [-0.2, -0.15) is 5.26 Å². The summed E-state index contributed by atoms with van der Waals surface area (Å²) in [5.74, 6) is 0.175. The lowest BCUT2D eigenvalue weighted by Crippen LogP contribution is -2.26. The van der Waals surface area contributed by atoms with E-state index < -0.39 is 5.91 Å². The number of hydrogen-bond acceptors (Lipinski definition) is 4. The Morgan fingerprint density at radius 2 is 2.30 bits per heavy atom. The predicted octanol–water partition coefficient (Wildman–Crippen LogP) is 2.27. The fourth-order valence-electron chi connectivity index (χ4n) is 1.47. The Kier molecular flexibility index (Phi) is 6.41. The van der Waals surface area contributed by atoms with Gasteiger partial charge in [-0.05, 0) is 37.1 Å². The Labute approximate surface area is 122 Å². The summed E-state index contributed by atoms with van der Waals surface area (Å²) in [7, 11) is 0. The fraction of sp³-hybridized carbons (Fsp3) is 0.286. The SMILES string of the molecule is Cc1cc(O)ccc1N/C=C(/C#N)C(=O)NCCCCl. The van der Waals surface area contributed by atoms with Gasteiger partial charge in [-0.25, -0.2) is 0 Å². The third-order valence-corrected chi connectivity index (χ3v) is 2.81. The van der Waals surface area contributed by atoms with E-state index in [0.717, 1.165) is 5.56 Å². The Bertz CT molecular complexity index is 550. The predicted molar refractivity (Wildman–Crippen MR) is 78.5 cm³/mol. The van der Waals surface area contributed by atoms with Crippen molar-refractivity contribution in [3.8, 4) is 11.8 Å². The van der Waals surface area contributed by atoms with Crippen LogP contribution < -0.4 is 10.6 Å². The van der Waals surface area contributed by atoms with E-state index in [4.69, 9.17) is 16.9 Å². The number of phenolic OH excluding ortho intramolecular Hbond substituents is 1. The van der Waals surface area contributed by atoms with Crippen molar-refractivity contribution in [1.82, 2.24) is 5.32 Å². The van der Waals surface area contributed by atoms with E-state index in [9.17, 15) is 9.90 Å². The maximum absolute atomic E-state index is 11.7. The van der Waals surface area contributed by atoms with Crippen LogP contribution in [-0.2, 0) is 4.79 Å². The second-order valence-electron chi connectivity index (χ2n) is 4.11. The molecule has 0 fully saturated rings. The zero-order valence-corrected chi connectivity index (χ0v) is 11.9. The highest BCUT2D eigenvalue weighted by molar-refractivity contribution is 6.17. The summed E-state index contributed by atoms with van der Waals surface area (Å²) in [5.41, 5.74) is 1.50. The van der Waals surface area contributed by atoms with Crippen molar-refractivity contribution < 1.29 is 9.90 Å². The van der Waals surface area contributed by atoms with Gasteiger partial charge in [-0.3, -0.25) is 4.79 Å². The number of aryl methyl sites for hydroxylation is 1. The molecule has 0 saturated carbocycles. The molecule has 0 unspecified atom stereocenters. The standard InChI is InChI=1S/C14H16ClN3O2/c1-10-7-12(19)3-4-13(10)18-9-11(8-16)14(20)17-6-2-5-15/h3-4,7,9,18-19H,2,5-6H2,1H3,(H,17,20)/b11-9-. The second kappa shape index (κ2) is 8.08.